The van der Waals surface area contributed by atoms with Gasteiger partial charge in [-0.2, -0.15) is 0 Å². The minimum Gasteiger partial charge on any atom is -0.508 e. The van der Waals surface area contributed by atoms with E-state index in [9.17, 15) is 9.90 Å². The van der Waals surface area contributed by atoms with Crippen molar-refractivity contribution >= 4 is 5.91 Å². The van der Waals surface area contributed by atoms with Crippen LogP contribution < -0.4 is 5.32 Å². The number of aryl methyl sites for hydroxylation is 1. The predicted octanol–water partition coefficient (Wildman–Crippen LogP) is 2.94. The number of aliphatic hydroxyl groups excluding tert-OH is 1. The molecule has 1 amide bonds. The lowest BCUT2D eigenvalue weighted by molar-refractivity contribution is 0.0932. The third kappa shape index (κ3) is 4.09. The molecule has 0 fully saturated rings. The molecule has 4 heteroatoms. The van der Waals surface area contributed by atoms with E-state index < -0.39 is 0 Å². The van der Waals surface area contributed by atoms with Gasteiger partial charge < -0.3 is 15.5 Å². The molecule has 3 N–H and O–H groups in total. The maximum atomic E-state index is 12.4. The average Bonchev–Trinajstić information content (AvgIpc) is 2.54. The molecule has 0 spiro atoms. The molecule has 116 valence electrons. The molecular formula is C18H21NO3. The van der Waals surface area contributed by atoms with Crippen LogP contribution in [0.4, 0.5) is 0 Å². The van der Waals surface area contributed by atoms with Gasteiger partial charge in [0.05, 0.1) is 6.04 Å². The zero-order valence-corrected chi connectivity index (χ0v) is 12.6. The molecule has 0 aliphatic heterocycles. The molecule has 0 radical (unpaired) electrons. The van der Waals surface area contributed by atoms with Gasteiger partial charge in [-0.1, -0.05) is 36.4 Å². The van der Waals surface area contributed by atoms with Gasteiger partial charge in [0.25, 0.3) is 5.91 Å². The first kappa shape index (κ1) is 16.0. The van der Waals surface area contributed by atoms with Crippen molar-refractivity contribution in [1.82, 2.24) is 5.32 Å². The Morgan fingerprint density at radius 1 is 1.18 bits per heavy atom. The van der Waals surface area contributed by atoms with Gasteiger partial charge in [-0.25, -0.2) is 0 Å². The Kier molecular flexibility index (Phi) is 5.55. The Balaban J connectivity index is 2.15. The molecule has 2 aromatic rings. The maximum Gasteiger partial charge on any atom is 0.251 e. The van der Waals surface area contributed by atoms with Crippen LogP contribution in [-0.4, -0.2) is 22.7 Å². The molecule has 22 heavy (non-hydrogen) atoms. The zero-order valence-electron chi connectivity index (χ0n) is 12.6. The van der Waals surface area contributed by atoms with Gasteiger partial charge in [0, 0.05) is 12.2 Å². The maximum absolute atomic E-state index is 12.4. The average molecular weight is 299 g/mol. The molecule has 1 atom stereocenters. The summed E-state index contributed by atoms with van der Waals surface area (Å²) in [5.41, 5.74) is 2.16. The Hall–Kier alpha value is -2.33. The fourth-order valence-corrected chi connectivity index (χ4v) is 2.30. The highest BCUT2D eigenvalue weighted by molar-refractivity contribution is 5.95. The lowest BCUT2D eigenvalue weighted by Gasteiger charge is -2.19. The van der Waals surface area contributed by atoms with Gasteiger partial charge in [0.15, 0.2) is 0 Å². The van der Waals surface area contributed by atoms with Crippen LogP contribution in [0.15, 0.2) is 48.5 Å². The normalized spacial score (nSPS) is 11.9. The summed E-state index contributed by atoms with van der Waals surface area (Å²) in [7, 11) is 0. The second-order valence-corrected chi connectivity index (χ2v) is 5.30. The van der Waals surface area contributed by atoms with E-state index in [1.54, 1.807) is 19.1 Å². The first-order valence-electron chi connectivity index (χ1n) is 7.38. The van der Waals surface area contributed by atoms with E-state index in [1.165, 1.54) is 6.07 Å². The zero-order chi connectivity index (χ0) is 15.9. The number of nitrogens with one attached hydrogen (secondary N) is 1. The van der Waals surface area contributed by atoms with Crippen molar-refractivity contribution in [2.75, 3.05) is 6.61 Å². The van der Waals surface area contributed by atoms with E-state index in [0.717, 1.165) is 11.1 Å². The Labute approximate surface area is 130 Å². The monoisotopic (exact) mass is 299 g/mol. The molecule has 1 unspecified atom stereocenters. The largest absolute Gasteiger partial charge is 0.508 e. The number of phenols is 1. The number of hydrogen-bond donors (Lipinski definition) is 3. The van der Waals surface area contributed by atoms with Crippen molar-refractivity contribution in [3.05, 3.63) is 65.2 Å². The van der Waals surface area contributed by atoms with Crippen molar-refractivity contribution < 1.29 is 15.0 Å². The first-order chi connectivity index (χ1) is 10.6. The number of phenolic OH excluding ortho intramolecular Hbond substituents is 1. The fourth-order valence-electron chi connectivity index (χ4n) is 2.30. The molecule has 0 aliphatic rings. The summed E-state index contributed by atoms with van der Waals surface area (Å²) >= 11 is 0. The lowest BCUT2D eigenvalue weighted by atomic mass is 10.0. The SMILES string of the molecule is Cc1ccc(C(=O)NC(CCCO)c2ccccc2)cc1O. The lowest BCUT2D eigenvalue weighted by Crippen LogP contribution is -2.28. The van der Waals surface area contributed by atoms with E-state index >= 15 is 0 Å². The summed E-state index contributed by atoms with van der Waals surface area (Å²) in [6.45, 7) is 1.87. The smallest absolute Gasteiger partial charge is 0.251 e. The van der Waals surface area contributed by atoms with Gasteiger partial charge in [0.1, 0.15) is 5.75 Å². The van der Waals surface area contributed by atoms with E-state index in [1.807, 2.05) is 30.3 Å². The summed E-state index contributed by atoms with van der Waals surface area (Å²) in [6.07, 6.45) is 1.27. The van der Waals surface area contributed by atoms with Crippen molar-refractivity contribution in [3.8, 4) is 5.75 Å². The molecule has 0 bridgehead atoms. The summed E-state index contributed by atoms with van der Waals surface area (Å²) in [5.74, 6) is -0.124. The summed E-state index contributed by atoms with van der Waals surface area (Å²) in [4.78, 5) is 12.4. The van der Waals surface area contributed by atoms with Crippen LogP contribution in [0.1, 0.15) is 40.4 Å². The molecule has 0 aliphatic carbocycles. The van der Waals surface area contributed by atoms with Crippen LogP contribution in [0.3, 0.4) is 0 Å². The minimum atomic E-state index is -0.234. The summed E-state index contributed by atoms with van der Waals surface area (Å²) in [5, 5.41) is 21.7. The number of carbonyl (C=O) groups excluding carboxylic acids is 1. The van der Waals surface area contributed by atoms with Crippen LogP contribution in [-0.2, 0) is 0 Å². The minimum absolute atomic E-state index is 0.0878. The Morgan fingerprint density at radius 3 is 2.55 bits per heavy atom. The van der Waals surface area contributed by atoms with Crippen molar-refractivity contribution in [2.24, 2.45) is 0 Å². The number of rotatable bonds is 6. The van der Waals surface area contributed by atoms with Gasteiger partial charge in [-0.05, 0) is 43.0 Å². The van der Waals surface area contributed by atoms with Crippen LogP contribution in [0.2, 0.25) is 0 Å². The highest BCUT2D eigenvalue weighted by Crippen LogP contribution is 2.21. The quantitative estimate of drug-likeness (QED) is 0.768. The summed E-state index contributed by atoms with van der Waals surface area (Å²) in [6, 6.07) is 14.4. The van der Waals surface area contributed by atoms with Crippen LogP contribution in [0, 0.1) is 6.92 Å². The number of carbonyl (C=O) groups is 1. The topological polar surface area (TPSA) is 69.6 Å². The van der Waals surface area contributed by atoms with Crippen LogP contribution in [0.25, 0.3) is 0 Å². The highest BCUT2D eigenvalue weighted by atomic mass is 16.3. The van der Waals surface area contributed by atoms with Crippen molar-refractivity contribution in [3.63, 3.8) is 0 Å². The number of benzene rings is 2. The van der Waals surface area contributed by atoms with E-state index in [4.69, 9.17) is 5.11 Å². The predicted molar refractivity (Wildman–Crippen MR) is 85.8 cm³/mol. The molecule has 2 aromatic carbocycles. The van der Waals surface area contributed by atoms with Gasteiger partial charge in [-0.15, -0.1) is 0 Å². The molecule has 0 heterocycles. The van der Waals surface area contributed by atoms with Crippen molar-refractivity contribution in [1.29, 1.82) is 0 Å². The Bertz CT molecular complexity index is 625. The summed E-state index contributed by atoms with van der Waals surface area (Å²) < 4.78 is 0. The second kappa shape index (κ2) is 7.61. The molecule has 2 rings (SSSR count). The van der Waals surface area contributed by atoms with E-state index in [2.05, 4.69) is 5.32 Å². The first-order valence-corrected chi connectivity index (χ1v) is 7.38. The van der Waals surface area contributed by atoms with Crippen LogP contribution >= 0.6 is 0 Å². The van der Waals surface area contributed by atoms with Gasteiger partial charge in [-0.3, -0.25) is 4.79 Å². The number of aliphatic hydroxyl groups is 1. The number of aromatic hydroxyl groups is 1. The standard InChI is InChI=1S/C18H21NO3/c1-13-9-10-15(12-17(13)21)18(22)19-16(8-5-11-20)14-6-3-2-4-7-14/h2-4,6-7,9-10,12,16,20-21H,5,8,11H2,1H3,(H,19,22). The van der Waals surface area contributed by atoms with Gasteiger partial charge >= 0.3 is 0 Å². The molecule has 0 aromatic heterocycles. The van der Waals surface area contributed by atoms with E-state index in [-0.39, 0.29) is 24.3 Å². The Morgan fingerprint density at radius 2 is 1.91 bits per heavy atom. The van der Waals surface area contributed by atoms with E-state index in [0.29, 0.717) is 18.4 Å². The highest BCUT2D eigenvalue weighted by Gasteiger charge is 2.16. The van der Waals surface area contributed by atoms with Crippen molar-refractivity contribution in [2.45, 2.75) is 25.8 Å². The second-order valence-electron chi connectivity index (χ2n) is 5.30. The van der Waals surface area contributed by atoms with Gasteiger partial charge in [0.2, 0.25) is 0 Å². The molecule has 4 nitrogen and oxygen atoms in total. The molecule has 0 saturated heterocycles. The molecule has 0 saturated carbocycles. The third-order valence-electron chi connectivity index (χ3n) is 3.63. The molecular weight excluding hydrogens is 278 g/mol. The van der Waals surface area contributed by atoms with Crippen LogP contribution in [0.5, 0.6) is 5.75 Å². The number of hydrogen-bond acceptors (Lipinski definition) is 3. The third-order valence-corrected chi connectivity index (χ3v) is 3.63. The number of amides is 1. The fraction of sp³-hybridized carbons (Fsp3) is 0.278.